The molecule has 0 spiro atoms. The molecule has 1 aliphatic rings. The number of hydrogen-bond donors (Lipinski definition) is 4. The van der Waals surface area contributed by atoms with Gasteiger partial charge >= 0.3 is 0 Å². The van der Waals surface area contributed by atoms with Crippen LogP contribution in [0.1, 0.15) is 30.4 Å². The summed E-state index contributed by atoms with van der Waals surface area (Å²) >= 11 is 0. The number of fused-ring (bicyclic) bond motifs is 1. The molecule has 3 aromatic rings. The Kier molecular flexibility index (Phi) is 4.79. The van der Waals surface area contributed by atoms with E-state index in [0.717, 1.165) is 28.2 Å². The Morgan fingerprint density at radius 1 is 1.26 bits per heavy atom. The minimum Gasteiger partial charge on any atom is -0.497 e. The van der Waals surface area contributed by atoms with Crippen molar-refractivity contribution in [1.82, 2.24) is 26.1 Å². The van der Waals surface area contributed by atoms with E-state index in [0.29, 0.717) is 6.54 Å². The number of amides is 1. The van der Waals surface area contributed by atoms with Gasteiger partial charge < -0.3 is 15.0 Å². The van der Waals surface area contributed by atoms with Crippen LogP contribution in [0.2, 0.25) is 0 Å². The standard InChI is InChI=1S/C20H23N5O2/c1-12(19-23-16-8-3-4-9-17(16)24-19)22-20(26)15-11-21-25-18(15)13-6-5-7-14(10-13)27-2/h3-10,12,15,18,21,25H,11H2,1-2H3,(H,22,26)(H,23,24). The second kappa shape index (κ2) is 7.38. The molecule has 1 aliphatic heterocycles. The molecule has 4 N–H and O–H groups in total. The molecule has 0 aliphatic carbocycles. The second-order valence-corrected chi connectivity index (χ2v) is 6.76. The van der Waals surface area contributed by atoms with Crippen LogP contribution in [-0.2, 0) is 4.79 Å². The van der Waals surface area contributed by atoms with Gasteiger partial charge in [-0.2, -0.15) is 0 Å². The van der Waals surface area contributed by atoms with Crippen molar-refractivity contribution in [2.75, 3.05) is 13.7 Å². The molecule has 4 rings (SSSR count). The molecule has 2 heterocycles. The Labute approximate surface area is 157 Å². The third-order valence-corrected chi connectivity index (χ3v) is 4.95. The smallest absolute Gasteiger partial charge is 0.227 e. The van der Waals surface area contributed by atoms with Crippen molar-refractivity contribution in [2.45, 2.75) is 19.0 Å². The molecule has 0 radical (unpaired) electrons. The number of nitrogens with one attached hydrogen (secondary N) is 4. The number of hydrazine groups is 1. The number of para-hydroxylation sites is 2. The topological polar surface area (TPSA) is 91.1 Å². The number of ether oxygens (including phenoxy) is 1. The lowest BCUT2D eigenvalue weighted by Crippen LogP contribution is -2.36. The summed E-state index contributed by atoms with van der Waals surface area (Å²) in [6, 6.07) is 15.3. The summed E-state index contributed by atoms with van der Waals surface area (Å²) in [7, 11) is 1.64. The zero-order valence-corrected chi connectivity index (χ0v) is 15.3. The SMILES string of the molecule is COc1cccc(C2NNCC2C(=O)NC(C)c2nc3ccccc3[nH]2)c1. The molecular formula is C20H23N5O2. The molecule has 1 saturated heterocycles. The van der Waals surface area contributed by atoms with Crippen LogP contribution in [0.25, 0.3) is 11.0 Å². The van der Waals surface area contributed by atoms with Crippen molar-refractivity contribution in [3.63, 3.8) is 0 Å². The first-order valence-corrected chi connectivity index (χ1v) is 9.03. The second-order valence-electron chi connectivity index (χ2n) is 6.76. The van der Waals surface area contributed by atoms with Gasteiger partial charge in [0.25, 0.3) is 0 Å². The Balaban J connectivity index is 1.49. The molecule has 2 aromatic carbocycles. The van der Waals surface area contributed by atoms with Crippen LogP contribution in [0.3, 0.4) is 0 Å². The van der Waals surface area contributed by atoms with Crippen molar-refractivity contribution in [3.8, 4) is 5.75 Å². The number of aromatic amines is 1. The molecular weight excluding hydrogens is 342 g/mol. The summed E-state index contributed by atoms with van der Waals surface area (Å²) in [4.78, 5) is 20.8. The maximum Gasteiger partial charge on any atom is 0.227 e. The van der Waals surface area contributed by atoms with Crippen LogP contribution in [0.15, 0.2) is 48.5 Å². The Bertz CT molecular complexity index is 921. The molecule has 140 valence electrons. The van der Waals surface area contributed by atoms with Gasteiger partial charge in [0.15, 0.2) is 0 Å². The summed E-state index contributed by atoms with van der Waals surface area (Å²) in [6.45, 7) is 2.49. The van der Waals surface area contributed by atoms with Gasteiger partial charge in [0.1, 0.15) is 11.6 Å². The third-order valence-electron chi connectivity index (χ3n) is 4.95. The number of carbonyl (C=O) groups excluding carboxylic acids is 1. The quantitative estimate of drug-likeness (QED) is 0.557. The lowest BCUT2D eigenvalue weighted by Gasteiger charge is -2.21. The maximum absolute atomic E-state index is 12.9. The average molecular weight is 365 g/mol. The van der Waals surface area contributed by atoms with E-state index in [2.05, 4.69) is 26.1 Å². The Hall–Kier alpha value is -2.90. The highest BCUT2D eigenvalue weighted by molar-refractivity contribution is 5.81. The highest BCUT2D eigenvalue weighted by Crippen LogP contribution is 2.28. The van der Waals surface area contributed by atoms with Gasteiger partial charge in [0.2, 0.25) is 5.91 Å². The summed E-state index contributed by atoms with van der Waals surface area (Å²) in [5.74, 6) is 1.27. The first-order valence-electron chi connectivity index (χ1n) is 9.03. The Morgan fingerprint density at radius 2 is 2.11 bits per heavy atom. The number of methoxy groups -OCH3 is 1. The fourth-order valence-corrected chi connectivity index (χ4v) is 3.46. The molecule has 3 unspecified atom stereocenters. The van der Waals surface area contributed by atoms with Crippen LogP contribution >= 0.6 is 0 Å². The third kappa shape index (κ3) is 3.51. The van der Waals surface area contributed by atoms with Crippen molar-refractivity contribution in [1.29, 1.82) is 0 Å². The van der Waals surface area contributed by atoms with E-state index in [1.165, 1.54) is 0 Å². The molecule has 27 heavy (non-hydrogen) atoms. The van der Waals surface area contributed by atoms with Gasteiger partial charge in [-0.3, -0.25) is 10.2 Å². The van der Waals surface area contributed by atoms with Crippen molar-refractivity contribution in [3.05, 3.63) is 59.9 Å². The van der Waals surface area contributed by atoms with Crippen LogP contribution in [0.5, 0.6) is 5.75 Å². The van der Waals surface area contributed by atoms with Gasteiger partial charge in [-0.1, -0.05) is 24.3 Å². The highest BCUT2D eigenvalue weighted by atomic mass is 16.5. The predicted octanol–water partition coefficient (Wildman–Crippen LogP) is 2.21. The van der Waals surface area contributed by atoms with Crippen molar-refractivity contribution < 1.29 is 9.53 Å². The molecule has 7 heteroatoms. The first kappa shape index (κ1) is 17.5. The van der Waals surface area contributed by atoms with E-state index in [-0.39, 0.29) is 23.9 Å². The number of benzene rings is 2. The van der Waals surface area contributed by atoms with Crippen LogP contribution < -0.4 is 20.9 Å². The van der Waals surface area contributed by atoms with E-state index in [1.54, 1.807) is 7.11 Å². The minimum atomic E-state index is -0.232. The number of rotatable bonds is 5. The summed E-state index contributed by atoms with van der Waals surface area (Å²) < 4.78 is 5.30. The number of H-pyrrole nitrogens is 1. The van der Waals surface area contributed by atoms with E-state index in [9.17, 15) is 4.79 Å². The number of imidazole rings is 1. The zero-order valence-electron chi connectivity index (χ0n) is 15.3. The van der Waals surface area contributed by atoms with Crippen molar-refractivity contribution in [2.24, 2.45) is 5.92 Å². The average Bonchev–Trinajstić information content (AvgIpc) is 3.35. The van der Waals surface area contributed by atoms with Crippen LogP contribution in [-0.4, -0.2) is 29.5 Å². The fourth-order valence-electron chi connectivity index (χ4n) is 3.46. The Morgan fingerprint density at radius 3 is 2.93 bits per heavy atom. The van der Waals surface area contributed by atoms with Gasteiger partial charge in [0, 0.05) is 6.54 Å². The molecule has 3 atom stereocenters. The molecule has 0 bridgehead atoms. The largest absolute Gasteiger partial charge is 0.497 e. The van der Waals surface area contributed by atoms with Gasteiger partial charge in [-0.05, 0) is 36.8 Å². The number of nitrogens with zero attached hydrogens (tertiary/aromatic N) is 1. The van der Waals surface area contributed by atoms with Gasteiger partial charge in [0.05, 0.1) is 36.1 Å². The fraction of sp³-hybridized carbons (Fsp3) is 0.300. The predicted molar refractivity (Wildman–Crippen MR) is 103 cm³/mol. The summed E-state index contributed by atoms with van der Waals surface area (Å²) in [5.41, 5.74) is 9.17. The van der Waals surface area contributed by atoms with Gasteiger partial charge in [-0.25, -0.2) is 10.4 Å². The number of carbonyl (C=O) groups is 1. The lowest BCUT2D eigenvalue weighted by molar-refractivity contribution is -0.125. The zero-order chi connectivity index (χ0) is 18.8. The molecule has 1 fully saturated rings. The number of aromatic nitrogens is 2. The highest BCUT2D eigenvalue weighted by Gasteiger charge is 2.35. The summed E-state index contributed by atoms with van der Waals surface area (Å²) in [5, 5.41) is 3.08. The first-order chi connectivity index (χ1) is 13.2. The van der Waals surface area contributed by atoms with Crippen LogP contribution in [0, 0.1) is 5.92 Å². The monoisotopic (exact) mass is 365 g/mol. The van der Waals surface area contributed by atoms with E-state index >= 15 is 0 Å². The normalized spacial score (nSPS) is 20.5. The molecule has 1 amide bonds. The molecule has 0 saturated carbocycles. The maximum atomic E-state index is 12.9. The van der Waals surface area contributed by atoms with E-state index in [4.69, 9.17) is 4.74 Å². The summed E-state index contributed by atoms with van der Waals surface area (Å²) in [6.07, 6.45) is 0. The number of hydrogen-bond acceptors (Lipinski definition) is 5. The van der Waals surface area contributed by atoms with Gasteiger partial charge in [-0.15, -0.1) is 0 Å². The van der Waals surface area contributed by atoms with Crippen LogP contribution in [0.4, 0.5) is 0 Å². The van der Waals surface area contributed by atoms with E-state index < -0.39 is 0 Å². The van der Waals surface area contributed by atoms with Crippen molar-refractivity contribution >= 4 is 16.9 Å². The van der Waals surface area contributed by atoms with E-state index in [1.807, 2.05) is 55.5 Å². The molecule has 7 nitrogen and oxygen atoms in total. The molecule has 1 aromatic heterocycles. The minimum absolute atomic E-state index is 0.0201. The lowest BCUT2D eigenvalue weighted by atomic mass is 9.94.